The van der Waals surface area contributed by atoms with Crippen LogP contribution in [0.5, 0.6) is 0 Å². The van der Waals surface area contributed by atoms with Gasteiger partial charge in [-0.25, -0.2) is 9.97 Å². The van der Waals surface area contributed by atoms with Gasteiger partial charge in [0.05, 0.1) is 0 Å². The fourth-order valence-electron chi connectivity index (χ4n) is 3.66. The van der Waals surface area contributed by atoms with E-state index in [9.17, 15) is 9.59 Å². The molecule has 2 bridgehead atoms. The lowest BCUT2D eigenvalue weighted by molar-refractivity contribution is 0.0736. The molecule has 140 valence electrons. The number of nitrogens with one attached hydrogen (secondary N) is 2. The Morgan fingerprint density at radius 1 is 1.04 bits per heavy atom. The molecule has 0 aliphatic carbocycles. The quantitative estimate of drug-likeness (QED) is 0.846. The van der Waals surface area contributed by atoms with Crippen LogP contribution in [0, 0.1) is 0 Å². The number of hydrogen-bond donors (Lipinski definition) is 2. The summed E-state index contributed by atoms with van der Waals surface area (Å²) in [5.41, 5.74) is 0.686. The smallest absolute Gasteiger partial charge is 0.276 e. The Bertz CT molecular complexity index is 857. The fourth-order valence-corrected chi connectivity index (χ4v) is 3.79. The minimum atomic E-state index is -0.469. The maximum atomic E-state index is 13.0. The van der Waals surface area contributed by atoms with Gasteiger partial charge in [-0.15, -0.1) is 0 Å². The molecular weight excluding hydrogens is 366 g/mol. The zero-order chi connectivity index (χ0) is 18.8. The molecule has 2 aromatic rings. The molecule has 1 aromatic carbocycles. The minimum Gasteiger partial charge on any atom is -0.336 e. The SMILES string of the molecule is O=C(Nc1ccc(Cl)cc1)c1nccnc1C(=O)N1CCC2CCC(C1)N2. The molecule has 2 amide bonds. The Labute approximate surface area is 162 Å². The van der Waals surface area contributed by atoms with Crippen LogP contribution in [-0.4, -0.2) is 51.9 Å². The van der Waals surface area contributed by atoms with Crippen molar-refractivity contribution in [1.82, 2.24) is 20.2 Å². The van der Waals surface area contributed by atoms with Crippen LogP contribution in [-0.2, 0) is 0 Å². The first-order valence-electron chi connectivity index (χ1n) is 9.03. The van der Waals surface area contributed by atoms with Crippen molar-refractivity contribution in [3.8, 4) is 0 Å². The number of aromatic nitrogens is 2. The van der Waals surface area contributed by atoms with E-state index in [-0.39, 0.29) is 17.3 Å². The van der Waals surface area contributed by atoms with Crippen LogP contribution in [0.4, 0.5) is 5.69 Å². The molecule has 8 heteroatoms. The molecule has 0 radical (unpaired) electrons. The number of carbonyl (C=O) groups excluding carboxylic acids is 2. The third-order valence-corrected chi connectivity index (χ3v) is 5.28. The molecule has 2 saturated heterocycles. The predicted octanol–water partition coefficient (Wildman–Crippen LogP) is 2.35. The van der Waals surface area contributed by atoms with Gasteiger partial charge < -0.3 is 15.5 Å². The van der Waals surface area contributed by atoms with E-state index in [1.807, 2.05) is 0 Å². The number of benzene rings is 1. The van der Waals surface area contributed by atoms with E-state index in [0.29, 0.717) is 35.9 Å². The highest BCUT2D eigenvalue weighted by Crippen LogP contribution is 2.22. The maximum Gasteiger partial charge on any atom is 0.276 e. The van der Waals surface area contributed by atoms with Crippen LogP contribution >= 0.6 is 11.6 Å². The zero-order valence-electron chi connectivity index (χ0n) is 14.7. The normalized spacial score (nSPS) is 21.6. The summed E-state index contributed by atoms with van der Waals surface area (Å²) in [4.78, 5) is 35.8. The highest BCUT2D eigenvalue weighted by Gasteiger charge is 2.33. The summed E-state index contributed by atoms with van der Waals surface area (Å²) in [7, 11) is 0. The number of halogens is 1. The molecule has 4 rings (SSSR count). The number of anilines is 1. The van der Waals surface area contributed by atoms with Gasteiger partial charge in [0.2, 0.25) is 0 Å². The fraction of sp³-hybridized carbons (Fsp3) is 0.368. The number of fused-ring (bicyclic) bond motifs is 2. The summed E-state index contributed by atoms with van der Waals surface area (Å²) in [5.74, 6) is -0.720. The molecule has 7 nitrogen and oxygen atoms in total. The Hall–Kier alpha value is -2.51. The van der Waals surface area contributed by atoms with Crippen LogP contribution in [0.2, 0.25) is 5.02 Å². The van der Waals surface area contributed by atoms with Crippen LogP contribution in [0.25, 0.3) is 0 Å². The highest BCUT2D eigenvalue weighted by molar-refractivity contribution is 6.30. The molecule has 3 heterocycles. The molecule has 2 atom stereocenters. The van der Waals surface area contributed by atoms with Crippen molar-refractivity contribution in [3.63, 3.8) is 0 Å². The monoisotopic (exact) mass is 385 g/mol. The largest absolute Gasteiger partial charge is 0.336 e. The first-order valence-corrected chi connectivity index (χ1v) is 9.41. The van der Waals surface area contributed by atoms with Crippen LogP contribution in [0.15, 0.2) is 36.7 Å². The van der Waals surface area contributed by atoms with Gasteiger partial charge in [0.15, 0.2) is 11.4 Å². The standard InChI is InChI=1S/C19H20ClN5O2/c20-12-1-3-13(4-2-12)24-18(26)16-17(22-9-8-21-16)19(27)25-10-7-14-5-6-15(11-25)23-14/h1-4,8-9,14-15,23H,5-7,10-11H2,(H,24,26). The Kier molecular flexibility index (Phi) is 5.05. The average molecular weight is 386 g/mol. The lowest BCUT2D eigenvalue weighted by Crippen LogP contribution is -2.40. The van der Waals surface area contributed by atoms with E-state index in [4.69, 9.17) is 11.6 Å². The number of hydrogen-bond acceptors (Lipinski definition) is 5. The maximum absolute atomic E-state index is 13.0. The molecule has 2 unspecified atom stereocenters. The van der Waals surface area contributed by atoms with Crippen molar-refractivity contribution < 1.29 is 9.59 Å². The van der Waals surface area contributed by atoms with Gasteiger partial charge in [0, 0.05) is 48.3 Å². The van der Waals surface area contributed by atoms with Crippen molar-refractivity contribution in [2.24, 2.45) is 0 Å². The Balaban J connectivity index is 1.54. The minimum absolute atomic E-state index is 0.0276. The van der Waals surface area contributed by atoms with E-state index < -0.39 is 5.91 Å². The summed E-state index contributed by atoms with van der Waals surface area (Å²) in [6.07, 6.45) is 5.99. The van der Waals surface area contributed by atoms with Gasteiger partial charge in [-0.05, 0) is 43.5 Å². The Morgan fingerprint density at radius 2 is 1.74 bits per heavy atom. The van der Waals surface area contributed by atoms with Crippen molar-refractivity contribution >= 4 is 29.1 Å². The lowest BCUT2D eigenvalue weighted by atomic mass is 10.1. The van der Waals surface area contributed by atoms with Gasteiger partial charge in [-0.2, -0.15) is 0 Å². The summed E-state index contributed by atoms with van der Waals surface area (Å²) in [5, 5.41) is 6.86. The number of likely N-dealkylation sites (tertiary alicyclic amines) is 1. The van der Waals surface area contributed by atoms with Gasteiger partial charge in [-0.1, -0.05) is 11.6 Å². The zero-order valence-corrected chi connectivity index (χ0v) is 15.4. The van der Waals surface area contributed by atoms with Crippen LogP contribution in [0.1, 0.15) is 40.2 Å². The summed E-state index contributed by atoms with van der Waals surface area (Å²) < 4.78 is 0. The van der Waals surface area contributed by atoms with Gasteiger partial charge in [0.1, 0.15) is 0 Å². The first-order chi connectivity index (χ1) is 13.1. The van der Waals surface area contributed by atoms with Crippen LogP contribution in [0.3, 0.4) is 0 Å². The summed E-state index contributed by atoms with van der Waals surface area (Å²) in [6, 6.07) is 7.52. The lowest BCUT2D eigenvalue weighted by Gasteiger charge is -2.24. The van der Waals surface area contributed by atoms with Crippen LogP contribution < -0.4 is 10.6 Å². The van der Waals surface area contributed by atoms with E-state index in [1.165, 1.54) is 12.4 Å². The van der Waals surface area contributed by atoms with Crippen molar-refractivity contribution in [2.45, 2.75) is 31.3 Å². The highest BCUT2D eigenvalue weighted by atomic mass is 35.5. The summed E-state index contributed by atoms with van der Waals surface area (Å²) in [6.45, 7) is 1.28. The number of amides is 2. The second kappa shape index (κ2) is 7.62. The molecule has 2 fully saturated rings. The van der Waals surface area contributed by atoms with Gasteiger partial charge in [-0.3, -0.25) is 9.59 Å². The molecule has 0 spiro atoms. The molecule has 2 N–H and O–H groups in total. The second-order valence-corrected chi connectivity index (χ2v) is 7.33. The number of rotatable bonds is 3. The number of carbonyl (C=O) groups is 2. The average Bonchev–Trinajstić information content (AvgIpc) is 3.02. The van der Waals surface area contributed by atoms with Gasteiger partial charge in [0.25, 0.3) is 11.8 Å². The molecular formula is C19H20ClN5O2. The van der Waals surface area contributed by atoms with E-state index >= 15 is 0 Å². The van der Waals surface area contributed by atoms with Crippen molar-refractivity contribution in [3.05, 3.63) is 53.1 Å². The summed E-state index contributed by atoms with van der Waals surface area (Å²) >= 11 is 5.87. The third-order valence-electron chi connectivity index (χ3n) is 5.03. The first kappa shape index (κ1) is 17.9. The second-order valence-electron chi connectivity index (χ2n) is 6.89. The van der Waals surface area contributed by atoms with E-state index in [2.05, 4.69) is 20.6 Å². The Morgan fingerprint density at radius 3 is 2.52 bits per heavy atom. The van der Waals surface area contributed by atoms with E-state index in [0.717, 1.165) is 19.3 Å². The molecule has 2 aliphatic rings. The predicted molar refractivity (Wildman–Crippen MR) is 102 cm³/mol. The number of nitrogens with zero attached hydrogens (tertiary/aromatic N) is 3. The topological polar surface area (TPSA) is 87.2 Å². The van der Waals surface area contributed by atoms with Crippen molar-refractivity contribution in [2.75, 3.05) is 18.4 Å². The van der Waals surface area contributed by atoms with E-state index in [1.54, 1.807) is 29.2 Å². The molecule has 1 aromatic heterocycles. The molecule has 0 saturated carbocycles. The molecule has 2 aliphatic heterocycles. The van der Waals surface area contributed by atoms with Gasteiger partial charge >= 0.3 is 0 Å². The third kappa shape index (κ3) is 3.94. The molecule has 27 heavy (non-hydrogen) atoms. The van der Waals surface area contributed by atoms with Crippen molar-refractivity contribution in [1.29, 1.82) is 0 Å².